The van der Waals surface area contributed by atoms with Crippen molar-refractivity contribution in [2.45, 2.75) is 18.9 Å². The molecule has 0 aliphatic rings. The standard InChI is InChI=1S/C26H29N2O7P/c1-34-22-11-13-23(14-12-22)35-36(32,33)18-28-24(26(31)27-16-15-25(29)30)17-19-7-9-21(10-8-19)20-5-3-2-4-6-20/h2-14,24,28H,15-18H2,1H3,(H,27,31)(H,29,30)(H,32,33)/t24-/m0/s1. The van der Waals surface area contributed by atoms with Crippen LogP contribution in [0.5, 0.6) is 11.5 Å². The van der Waals surface area contributed by atoms with Crippen molar-refractivity contribution in [1.29, 1.82) is 0 Å². The summed E-state index contributed by atoms with van der Waals surface area (Å²) in [6, 6.07) is 22.8. The number of amides is 1. The molecule has 0 saturated heterocycles. The van der Waals surface area contributed by atoms with Gasteiger partial charge < -0.3 is 24.6 Å². The minimum absolute atomic E-state index is 0.0571. The maximum Gasteiger partial charge on any atom is 0.390 e. The van der Waals surface area contributed by atoms with Crippen molar-refractivity contribution < 1.29 is 33.4 Å². The van der Waals surface area contributed by atoms with Gasteiger partial charge in [-0.25, -0.2) is 4.57 Å². The minimum atomic E-state index is -4.15. The van der Waals surface area contributed by atoms with Crippen LogP contribution in [0.15, 0.2) is 78.9 Å². The van der Waals surface area contributed by atoms with Crippen LogP contribution in [-0.4, -0.2) is 47.9 Å². The Morgan fingerprint density at radius 2 is 1.53 bits per heavy atom. The zero-order valence-corrected chi connectivity index (χ0v) is 20.7. The molecule has 36 heavy (non-hydrogen) atoms. The second kappa shape index (κ2) is 12.9. The van der Waals surface area contributed by atoms with Crippen LogP contribution < -0.4 is 19.9 Å². The van der Waals surface area contributed by atoms with E-state index in [-0.39, 0.29) is 25.1 Å². The fraction of sp³-hybridized carbons (Fsp3) is 0.231. The molecule has 190 valence electrons. The predicted molar refractivity (Wildman–Crippen MR) is 136 cm³/mol. The highest BCUT2D eigenvalue weighted by Crippen LogP contribution is 2.41. The van der Waals surface area contributed by atoms with Gasteiger partial charge in [0, 0.05) is 6.54 Å². The molecule has 4 N–H and O–H groups in total. The summed E-state index contributed by atoms with van der Waals surface area (Å²) in [5.41, 5.74) is 2.90. The lowest BCUT2D eigenvalue weighted by molar-refractivity contribution is -0.137. The van der Waals surface area contributed by atoms with Crippen LogP contribution in [0.3, 0.4) is 0 Å². The normalized spacial score (nSPS) is 13.3. The van der Waals surface area contributed by atoms with Gasteiger partial charge >= 0.3 is 13.6 Å². The summed E-state index contributed by atoms with van der Waals surface area (Å²) in [7, 11) is -2.64. The molecule has 0 bridgehead atoms. The van der Waals surface area contributed by atoms with Crippen LogP contribution in [-0.2, 0) is 20.6 Å². The van der Waals surface area contributed by atoms with Gasteiger partial charge in [0.1, 0.15) is 17.8 Å². The quantitative estimate of drug-likeness (QED) is 0.255. The molecular weight excluding hydrogens is 483 g/mol. The Balaban J connectivity index is 1.67. The molecule has 3 rings (SSSR count). The van der Waals surface area contributed by atoms with Crippen LogP contribution in [0, 0.1) is 0 Å². The zero-order valence-electron chi connectivity index (χ0n) is 19.8. The number of aliphatic carboxylic acids is 1. The molecule has 3 aromatic carbocycles. The smallest absolute Gasteiger partial charge is 0.390 e. The van der Waals surface area contributed by atoms with Crippen molar-refractivity contribution in [3.05, 3.63) is 84.4 Å². The van der Waals surface area contributed by atoms with Crippen molar-refractivity contribution in [2.24, 2.45) is 0 Å². The SMILES string of the molecule is COc1ccc(OP(=O)(O)CN[C@@H](Cc2ccc(-c3ccccc3)cc2)C(=O)NCCC(=O)O)cc1. The van der Waals surface area contributed by atoms with Crippen molar-refractivity contribution in [3.63, 3.8) is 0 Å². The summed E-state index contributed by atoms with van der Waals surface area (Å²) in [6.07, 6.45) is -0.502. The number of carbonyl (C=O) groups excluding carboxylic acids is 1. The van der Waals surface area contributed by atoms with Crippen molar-refractivity contribution in [2.75, 3.05) is 19.9 Å². The Morgan fingerprint density at radius 1 is 0.917 bits per heavy atom. The molecular formula is C26H29N2O7P. The monoisotopic (exact) mass is 512 g/mol. The fourth-order valence-corrected chi connectivity index (χ4v) is 4.40. The molecule has 0 heterocycles. The molecule has 0 radical (unpaired) electrons. The van der Waals surface area contributed by atoms with Crippen LogP contribution >= 0.6 is 7.60 Å². The highest BCUT2D eigenvalue weighted by atomic mass is 31.2. The van der Waals surface area contributed by atoms with E-state index in [9.17, 15) is 19.0 Å². The molecule has 0 spiro atoms. The Kier molecular flexibility index (Phi) is 9.64. The molecule has 1 amide bonds. The van der Waals surface area contributed by atoms with Gasteiger partial charge in [0.2, 0.25) is 5.91 Å². The van der Waals surface area contributed by atoms with Gasteiger partial charge in [-0.05, 0) is 47.4 Å². The summed E-state index contributed by atoms with van der Waals surface area (Å²) >= 11 is 0. The number of nitrogens with one attached hydrogen (secondary N) is 2. The third-order valence-corrected chi connectivity index (χ3v) is 6.38. The van der Waals surface area contributed by atoms with E-state index in [0.717, 1.165) is 16.7 Å². The lowest BCUT2D eigenvalue weighted by Gasteiger charge is -2.21. The molecule has 3 aromatic rings. The summed E-state index contributed by atoms with van der Waals surface area (Å²) in [5, 5.41) is 14.2. The van der Waals surface area contributed by atoms with Crippen molar-refractivity contribution >= 4 is 19.5 Å². The molecule has 0 saturated carbocycles. The summed E-state index contributed by atoms with van der Waals surface area (Å²) in [5.74, 6) is -0.760. The van der Waals surface area contributed by atoms with E-state index >= 15 is 0 Å². The first-order valence-electron chi connectivity index (χ1n) is 11.3. The topological polar surface area (TPSA) is 134 Å². The van der Waals surface area contributed by atoms with Crippen LogP contribution in [0.2, 0.25) is 0 Å². The minimum Gasteiger partial charge on any atom is -0.497 e. The molecule has 0 aromatic heterocycles. The second-order valence-electron chi connectivity index (χ2n) is 8.02. The Hall–Kier alpha value is -3.65. The number of hydrogen-bond donors (Lipinski definition) is 4. The van der Waals surface area contributed by atoms with Gasteiger partial charge in [-0.3, -0.25) is 14.9 Å². The highest BCUT2D eigenvalue weighted by Gasteiger charge is 2.26. The maximum absolute atomic E-state index is 12.8. The fourth-order valence-electron chi connectivity index (χ4n) is 3.43. The number of carboxylic acid groups (broad SMARTS) is 1. The number of carboxylic acids is 1. The summed E-state index contributed by atoms with van der Waals surface area (Å²) < 4.78 is 23.0. The Bertz CT molecular complexity index is 1190. The van der Waals surface area contributed by atoms with Crippen LogP contribution in [0.4, 0.5) is 0 Å². The first-order valence-corrected chi connectivity index (χ1v) is 13.0. The zero-order chi connectivity index (χ0) is 26.0. The van der Waals surface area contributed by atoms with Gasteiger partial charge in [0.05, 0.1) is 19.6 Å². The Labute approximate surface area is 209 Å². The molecule has 2 atom stereocenters. The number of benzene rings is 3. The first kappa shape index (κ1) is 26.9. The average molecular weight is 512 g/mol. The summed E-state index contributed by atoms with van der Waals surface area (Å²) in [6.45, 7) is -0.0571. The maximum atomic E-state index is 12.8. The summed E-state index contributed by atoms with van der Waals surface area (Å²) in [4.78, 5) is 33.9. The molecule has 0 aliphatic heterocycles. The van der Waals surface area contributed by atoms with E-state index in [2.05, 4.69) is 10.6 Å². The number of carbonyl (C=O) groups is 2. The lowest BCUT2D eigenvalue weighted by atomic mass is 10.0. The van der Waals surface area contributed by atoms with Gasteiger partial charge in [0.15, 0.2) is 0 Å². The third-order valence-electron chi connectivity index (χ3n) is 5.30. The van der Waals surface area contributed by atoms with Crippen molar-refractivity contribution in [1.82, 2.24) is 10.6 Å². The molecule has 9 nitrogen and oxygen atoms in total. The molecule has 1 unspecified atom stereocenters. The number of hydrogen-bond acceptors (Lipinski definition) is 6. The number of rotatable bonds is 13. The van der Waals surface area contributed by atoms with Gasteiger partial charge in [0.25, 0.3) is 0 Å². The average Bonchev–Trinajstić information content (AvgIpc) is 2.87. The van der Waals surface area contributed by atoms with E-state index in [4.69, 9.17) is 14.4 Å². The largest absolute Gasteiger partial charge is 0.497 e. The predicted octanol–water partition coefficient (Wildman–Crippen LogP) is 3.68. The third kappa shape index (κ3) is 8.53. The van der Waals surface area contributed by atoms with Crippen molar-refractivity contribution in [3.8, 4) is 22.6 Å². The van der Waals surface area contributed by atoms with E-state index < -0.39 is 31.8 Å². The van der Waals surface area contributed by atoms with Crippen LogP contribution in [0.25, 0.3) is 11.1 Å². The first-order chi connectivity index (χ1) is 17.3. The lowest BCUT2D eigenvalue weighted by Crippen LogP contribution is -2.46. The molecule has 0 fully saturated rings. The van der Waals surface area contributed by atoms with E-state index in [1.54, 1.807) is 12.1 Å². The molecule has 10 heteroatoms. The number of methoxy groups -OCH3 is 1. The van der Waals surface area contributed by atoms with E-state index in [1.807, 2.05) is 54.6 Å². The van der Waals surface area contributed by atoms with E-state index in [0.29, 0.717) is 5.75 Å². The van der Waals surface area contributed by atoms with Gasteiger partial charge in [-0.15, -0.1) is 0 Å². The number of ether oxygens (including phenoxy) is 1. The highest BCUT2D eigenvalue weighted by molar-refractivity contribution is 7.53. The Morgan fingerprint density at radius 3 is 2.14 bits per heavy atom. The van der Waals surface area contributed by atoms with Crippen LogP contribution in [0.1, 0.15) is 12.0 Å². The van der Waals surface area contributed by atoms with Gasteiger partial charge in [-0.2, -0.15) is 0 Å². The molecule has 0 aliphatic carbocycles. The van der Waals surface area contributed by atoms with Gasteiger partial charge in [-0.1, -0.05) is 54.6 Å². The van der Waals surface area contributed by atoms with E-state index in [1.165, 1.54) is 19.2 Å². The second-order valence-corrected chi connectivity index (χ2v) is 9.79.